The number of sulfonamides is 1. The Kier molecular flexibility index (Phi) is 5.27. The standard InChI is InChI=1S/C18H25N3O3S/c1-14(2)24-12-17-18-11-21(10-4-9-20(18)13-19-17)25(22,23)16-7-5-15(3)6-8-16/h5-8,13-14H,4,9-12H2,1-3H3. The van der Waals surface area contributed by atoms with Gasteiger partial charge >= 0.3 is 0 Å². The summed E-state index contributed by atoms with van der Waals surface area (Å²) in [4.78, 5) is 4.77. The maximum atomic E-state index is 13.0. The molecule has 25 heavy (non-hydrogen) atoms. The monoisotopic (exact) mass is 363 g/mol. The van der Waals surface area contributed by atoms with Gasteiger partial charge in [0.05, 0.1) is 41.9 Å². The molecule has 1 aromatic heterocycles. The second-order valence-electron chi connectivity index (χ2n) is 6.70. The zero-order valence-electron chi connectivity index (χ0n) is 15.0. The molecule has 0 aliphatic carbocycles. The summed E-state index contributed by atoms with van der Waals surface area (Å²) in [6, 6.07) is 7.01. The highest BCUT2D eigenvalue weighted by atomic mass is 32.2. The van der Waals surface area contributed by atoms with Crippen LogP contribution in [0, 0.1) is 6.92 Å². The van der Waals surface area contributed by atoms with Crippen molar-refractivity contribution >= 4 is 10.0 Å². The summed E-state index contributed by atoms with van der Waals surface area (Å²) < 4.78 is 35.3. The van der Waals surface area contributed by atoms with Gasteiger partial charge in [-0.05, 0) is 39.3 Å². The normalized spacial score (nSPS) is 16.0. The molecular formula is C18H25N3O3S. The molecule has 0 amide bonds. The first-order valence-corrected chi connectivity index (χ1v) is 10.0. The molecule has 7 heteroatoms. The topological polar surface area (TPSA) is 64.4 Å². The van der Waals surface area contributed by atoms with Crippen molar-refractivity contribution in [1.82, 2.24) is 13.9 Å². The minimum atomic E-state index is -3.52. The molecule has 3 rings (SSSR count). The van der Waals surface area contributed by atoms with E-state index in [9.17, 15) is 8.42 Å². The number of rotatable bonds is 5. The molecule has 2 heterocycles. The van der Waals surface area contributed by atoms with E-state index in [1.807, 2.05) is 37.5 Å². The SMILES string of the molecule is Cc1ccc(S(=O)(=O)N2CCCn3cnc(COC(C)C)c3C2)cc1. The van der Waals surface area contributed by atoms with Crippen molar-refractivity contribution in [1.29, 1.82) is 0 Å². The van der Waals surface area contributed by atoms with E-state index in [2.05, 4.69) is 4.98 Å². The van der Waals surface area contributed by atoms with Crippen LogP contribution in [-0.4, -0.2) is 34.9 Å². The van der Waals surface area contributed by atoms with Crippen LogP contribution >= 0.6 is 0 Å². The lowest BCUT2D eigenvalue weighted by Gasteiger charge is -2.20. The fraction of sp³-hybridized carbons (Fsp3) is 0.500. The molecule has 6 nitrogen and oxygen atoms in total. The van der Waals surface area contributed by atoms with E-state index in [1.165, 1.54) is 0 Å². The van der Waals surface area contributed by atoms with E-state index in [0.717, 1.165) is 29.9 Å². The highest BCUT2D eigenvalue weighted by Crippen LogP contribution is 2.24. The molecule has 0 spiro atoms. The smallest absolute Gasteiger partial charge is 0.243 e. The first-order valence-electron chi connectivity index (χ1n) is 8.59. The first kappa shape index (κ1) is 18.1. The minimum Gasteiger partial charge on any atom is -0.372 e. The fourth-order valence-electron chi connectivity index (χ4n) is 2.92. The van der Waals surface area contributed by atoms with E-state index < -0.39 is 10.0 Å². The van der Waals surface area contributed by atoms with Crippen molar-refractivity contribution < 1.29 is 13.2 Å². The van der Waals surface area contributed by atoms with E-state index >= 15 is 0 Å². The molecule has 1 aliphatic heterocycles. The van der Waals surface area contributed by atoms with Gasteiger partial charge < -0.3 is 9.30 Å². The Hall–Kier alpha value is -1.70. The molecule has 0 bridgehead atoms. The maximum Gasteiger partial charge on any atom is 0.243 e. The lowest BCUT2D eigenvalue weighted by Crippen LogP contribution is -2.31. The quantitative estimate of drug-likeness (QED) is 0.819. The van der Waals surface area contributed by atoms with Gasteiger partial charge in [-0.1, -0.05) is 17.7 Å². The molecule has 0 unspecified atom stereocenters. The van der Waals surface area contributed by atoms with E-state index in [4.69, 9.17) is 4.74 Å². The Morgan fingerprint density at radius 3 is 2.60 bits per heavy atom. The lowest BCUT2D eigenvalue weighted by molar-refractivity contribution is 0.0631. The highest BCUT2D eigenvalue weighted by molar-refractivity contribution is 7.89. The Labute approximate surface area is 149 Å². The van der Waals surface area contributed by atoms with Crippen LogP contribution in [-0.2, 0) is 34.5 Å². The Morgan fingerprint density at radius 1 is 1.20 bits per heavy atom. The average molecular weight is 363 g/mol. The van der Waals surface area contributed by atoms with Crippen LogP contribution in [0.15, 0.2) is 35.5 Å². The summed E-state index contributed by atoms with van der Waals surface area (Å²) >= 11 is 0. The molecule has 0 N–H and O–H groups in total. The third-order valence-corrected chi connectivity index (χ3v) is 6.24. The summed E-state index contributed by atoms with van der Waals surface area (Å²) in [7, 11) is -3.52. The van der Waals surface area contributed by atoms with Crippen molar-refractivity contribution in [2.45, 2.75) is 57.9 Å². The van der Waals surface area contributed by atoms with Crippen LogP contribution in [0.4, 0.5) is 0 Å². The summed E-state index contributed by atoms with van der Waals surface area (Å²) in [6.07, 6.45) is 2.66. The zero-order valence-corrected chi connectivity index (χ0v) is 15.8. The Morgan fingerprint density at radius 2 is 1.92 bits per heavy atom. The van der Waals surface area contributed by atoms with Crippen molar-refractivity contribution in [3.05, 3.63) is 47.5 Å². The second-order valence-corrected chi connectivity index (χ2v) is 8.63. The molecule has 2 aromatic rings. The highest BCUT2D eigenvalue weighted by Gasteiger charge is 2.28. The largest absolute Gasteiger partial charge is 0.372 e. The van der Waals surface area contributed by atoms with E-state index in [-0.39, 0.29) is 6.10 Å². The van der Waals surface area contributed by atoms with Gasteiger partial charge in [-0.2, -0.15) is 4.31 Å². The van der Waals surface area contributed by atoms with Gasteiger partial charge in [0.25, 0.3) is 0 Å². The number of imidazole rings is 1. The number of aryl methyl sites for hydroxylation is 2. The number of benzene rings is 1. The van der Waals surface area contributed by atoms with Gasteiger partial charge in [0.2, 0.25) is 10.0 Å². The molecule has 0 saturated heterocycles. The Balaban J connectivity index is 1.87. The van der Waals surface area contributed by atoms with Gasteiger partial charge in [0.1, 0.15) is 0 Å². The summed E-state index contributed by atoms with van der Waals surface area (Å²) in [5.74, 6) is 0. The number of ether oxygens (including phenoxy) is 1. The average Bonchev–Trinajstić information content (AvgIpc) is 2.81. The van der Waals surface area contributed by atoms with Crippen LogP contribution in [0.1, 0.15) is 37.2 Å². The maximum absolute atomic E-state index is 13.0. The number of hydrogen-bond donors (Lipinski definition) is 0. The number of fused-ring (bicyclic) bond motifs is 1. The van der Waals surface area contributed by atoms with E-state index in [1.54, 1.807) is 22.8 Å². The molecule has 0 saturated carbocycles. The van der Waals surface area contributed by atoms with Crippen LogP contribution in [0.5, 0.6) is 0 Å². The van der Waals surface area contributed by atoms with Crippen molar-refractivity contribution in [3.8, 4) is 0 Å². The molecule has 0 radical (unpaired) electrons. The molecule has 0 fully saturated rings. The van der Waals surface area contributed by atoms with E-state index in [0.29, 0.717) is 24.6 Å². The van der Waals surface area contributed by atoms with Gasteiger partial charge in [0, 0.05) is 13.1 Å². The van der Waals surface area contributed by atoms with Gasteiger partial charge in [-0.15, -0.1) is 0 Å². The lowest BCUT2D eigenvalue weighted by atomic mass is 10.2. The van der Waals surface area contributed by atoms with Crippen molar-refractivity contribution in [3.63, 3.8) is 0 Å². The molecule has 0 atom stereocenters. The third kappa shape index (κ3) is 3.94. The van der Waals surface area contributed by atoms with Crippen LogP contribution < -0.4 is 0 Å². The third-order valence-electron chi connectivity index (χ3n) is 4.38. The van der Waals surface area contributed by atoms with Gasteiger partial charge in [0.15, 0.2) is 0 Å². The molecule has 1 aromatic carbocycles. The number of aromatic nitrogens is 2. The molecular weight excluding hydrogens is 338 g/mol. The Bertz CT molecular complexity index is 826. The predicted octanol–water partition coefficient (Wildman–Crippen LogP) is 2.71. The van der Waals surface area contributed by atoms with Crippen molar-refractivity contribution in [2.24, 2.45) is 0 Å². The van der Waals surface area contributed by atoms with Crippen LogP contribution in [0.25, 0.3) is 0 Å². The summed E-state index contributed by atoms with van der Waals surface area (Å²) in [5.41, 5.74) is 2.79. The van der Waals surface area contributed by atoms with Gasteiger partial charge in [-0.25, -0.2) is 13.4 Å². The zero-order chi connectivity index (χ0) is 18.0. The fourth-order valence-corrected chi connectivity index (χ4v) is 4.36. The predicted molar refractivity (Wildman–Crippen MR) is 95.5 cm³/mol. The summed E-state index contributed by atoms with van der Waals surface area (Å²) in [6.45, 7) is 7.89. The summed E-state index contributed by atoms with van der Waals surface area (Å²) in [5, 5.41) is 0. The molecule has 1 aliphatic rings. The first-order chi connectivity index (χ1) is 11.9. The van der Waals surface area contributed by atoms with Crippen LogP contribution in [0.3, 0.4) is 0 Å². The number of nitrogens with zero attached hydrogens (tertiary/aromatic N) is 3. The molecule has 136 valence electrons. The second kappa shape index (κ2) is 7.27. The van der Waals surface area contributed by atoms with Crippen LogP contribution in [0.2, 0.25) is 0 Å². The number of hydrogen-bond acceptors (Lipinski definition) is 4. The van der Waals surface area contributed by atoms with Gasteiger partial charge in [-0.3, -0.25) is 0 Å². The minimum absolute atomic E-state index is 0.107. The van der Waals surface area contributed by atoms with Crippen molar-refractivity contribution in [2.75, 3.05) is 6.54 Å².